The Kier molecular flexibility index (Phi) is 28.6. The highest BCUT2D eigenvalue weighted by molar-refractivity contribution is 6.31. The molecule has 4 N–H and O–H groups in total. The fourth-order valence-electron chi connectivity index (χ4n) is 10.0. The van der Waals surface area contributed by atoms with E-state index in [1.807, 2.05) is 42.5 Å². The van der Waals surface area contributed by atoms with Crippen LogP contribution in [-0.2, 0) is 95.0 Å². The number of rotatable bonds is 14. The van der Waals surface area contributed by atoms with E-state index in [0.29, 0.717) is 70.1 Å². The Hall–Kier alpha value is -9.34. The Labute approximate surface area is 568 Å². The van der Waals surface area contributed by atoms with Crippen LogP contribution < -0.4 is 25.4 Å². The summed E-state index contributed by atoms with van der Waals surface area (Å²) in [6, 6.07) is 32.8. The highest BCUT2D eigenvalue weighted by Crippen LogP contribution is 2.30. The van der Waals surface area contributed by atoms with E-state index < -0.39 is 47.8 Å². The van der Waals surface area contributed by atoms with Crippen LogP contribution in [0.1, 0.15) is 112 Å². The summed E-state index contributed by atoms with van der Waals surface area (Å²) in [6.45, 7) is 5.26. The molecule has 12 rings (SSSR count). The number of nitrogens with zero attached hydrogens (tertiary/aromatic N) is 4. The molecule has 96 heavy (non-hydrogen) atoms. The zero-order valence-corrected chi connectivity index (χ0v) is 53.8. The molecule has 5 saturated heterocycles. The lowest BCUT2D eigenvalue weighted by Crippen LogP contribution is -2.40. The van der Waals surface area contributed by atoms with Gasteiger partial charge in [0.25, 0.3) is 35.4 Å². The van der Waals surface area contributed by atoms with Crippen LogP contribution in [-0.4, -0.2) is 130 Å². The second-order valence-corrected chi connectivity index (χ2v) is 23.7. The van der Waals surface area contributed by atoms with Crippen molar-refractivity contribution in [3.8, 4) is 11.5 Å². The molecule has 0 spiro atoms. The van der Waals surface area contributed by atoms with Gasteiger partial charge in [-0.2, -0.15) is 4.79 Å². The molecule has 0 unspecified atom stereocenters. The standard InChI is InChI=1S/C23H25ClN2O4.C15H20N2O2.C12H10ClNO5.C9H8N2O7.C7H7ClO.CH4/c24-19-4-1-16(2-5-19)15-30-23(28)26-11-9-17(10-12-26)14-29-20-6-7-21-18(13-20)3-8-22(27)25-21;18-15-4-1-12-9-13(2-3-14(12)17-15)19-10-11-5-7-16-8-6-11;13-9-3-1-8(2-4-9)7-18-12(17)19-14-10(15)5-6-11(14)16;12-5-1-2-6(13)10(5)17-9(16)18-11-7(14)3-4-8(11)15;8-7-3-1-6(5-9)2-4-7;/h1-2,4-7,13,17H,3,8-12,14-15H2,(H,25,27);2-3,9,11,16H,1,4-8,10H2,(H,17,18);1-4H,5-7H2;1-4H2;1-4,9H,5H2;1H4. The molecule has 5 fully saturated rings. The number of aliphatic hydroxyl groups is 1. The SMILES string of the molecule is C.O=C(OCc1ccc(Cl)cc1)ON1C(=O)CCC1=O.O=C(ON1C(=O)CCC1=O)ON1C(=O)CCC1=O.O=C1CCc2cc(OCC3CCN(C(=O)OCc4ccc(Cl)cc4)CC3)ccc2N1.O=C1CCc2cc(OCC3CCNCC3)ccc2N1.OCc1ccc(Cl)cc1. The predicted octanol–water partition coefficient (Wildman–Crippen LogP) is 10.4. The van der Waals surface area contributed by atoms with Gasteiger partial charge in [0, 0.05) is 90.9 Å². The number of carbonyl (C=O) groups excluding carboxylic acids is 11. The molecule has 0 radical (unpaired) electrons. The summed E-state index contributed by atoms with van der Waals surface area (Å²) in [5, 5.41) is 20.6. The number of benzene rings is 5. The van der Waals surface area contributed by atoms with Crippen molar-refractivity contribution in [3.05, 3.63) is 152 Å². The van der Waals surface area contributed by atoms with Gasteiger partial charge in [-0.25, -0.2) is 9.59 Å². The van der Waals surface area contributed by atoms with E-state index in [4.69, 9.17) is 58.9 Å². The molecule has 0 aliphatic carbocycles. The second-order valence-electron chi connectivity index (χ2n) is 22.4. The highest BCUT2D eigenvalue weighted by Gasteiger charge is 2.38. The van der Waals surface area contributed by atoms with Gasteiger partial charge in [-0.1, -0.05) is 93.8 Å². The van der Waals surface area contributed by atoms with Crippen LogP contribution in [0, 0.1) is 11.8 Å². The van der Waals surface area contributed by atoms with E-state index in [-0.39, 0.29) is 93.8 Å². The number of likely N-dealkylation sites (tertiary alicyclic amines) is 1. The van der Waals surface area contributed by atoms with E-state index in [2.05, 4.69) is 36.5 Å². The first-order valence-corrected chi connectivity index (χ1v) is 31.8. The summed E-state index contributed by atoms with van der Waals surface area (Å²) >= 11 is 17.2. The number of hydroxylamine groups is 6. The Morgan fingerprint density at radius 1 is 0.448 bits per heavy atom. The Morgan fingerprint density at radius 3 is 1.21 bits per heavy atom. The number of nitrogens with one attached hydrogen (secondary N) is 3. The predicted molar refractivity (Wildman–Crippen MR) is 347 cm³/mol. The maximum absolute atomic E-state index is 12.3. The number of fused-ring (bicyclic) bond motifs is 2. The molecule has 29 heteroatoms. The van der Waals surface area contributed by atoms with Gasteiger partial charge in [-0.05, 0) is 164 Å². The Morgan fingerprint density at radius 2 is 0.812 bits per heavy atom. The largest absolute Gasteiger partial charge is 0.560 e. The molecule has 512 valence electrons. The molecule has 7 aliphatic rings. The molecule has 0 aromatic heterocycles. The van der Waals surface area contributed by atoms with Crippen LogP contribution in [0.4, 0.5) is 25.8 Å². The van der Waals surface area contributed by atoms with E-state index >= 15 is 0 Å². The summed E-state index contributed by atoms with van der Waals surface area (Å²) in [4.78, 5) is 139. The lowest BCUT2D eigenvalue weighted by molar-refractivity contribution is -0.198. The number of ether oxygens (including phenoxy) is 4. The van der Waals surface area contributed by atoms with Gasteiger partial charge in [0.1, 0.15) is 24.7 Å². The summed E-state index contributed by atoms with van der Waals surface area (Å²) in [5.74, 6) is -0.840. The van der Waals surface area contributed by atoms with Crippen molar-refractivity contribution in [2.24, 2.45) is 11.8 Å². The number of aryl methyl sites for hydroxylation is 2. The van der Waals surface area contributed by atoms with Gasteiger partial charge in [0.2, 0.25) is 11.8 Å². The minimum atomic E-state index is -1.48. The number of aliphatic hydroxyl groups excluding tert-OH is 1. The third kappa shape index (κ3) is 23.2. The van der Waals surface area contributed by atoms with Gasteiger partial charge in [-0.15, -0.1) is 0 Å². The average Bonchev–Trinajstić information content (AvgIpc) is 1.27. The fourth-order valence-corrected chi connectivity index (χ4v) is 10.4. The number of anilines is 2. The molecule has 5 aromatic carbocycles. The van der Waals surface area contributed by atoms with Gasteiger partial charge in [0.05, 0.1) is 19.8 Å². The minimum Gasteiger partial charge on any atom is -0.493 e. The topological polar surface area (TPSA) is 322 Å². The molecular formula is C67H74Cl3N7O19. The Balaban J connectivity index is 0.000000176. The third-order valence-corrected chi connectivity index (χ3v) is 16.2. The summed E-state index contributed by atoms with van der Waals surface area (Å²) in [6.07, 6.45) is 3.79. The number of piperidine rings is 2. The Bertz CT molecular complexity index is 3480. The van der Waals surface area contributed by atoms with Gasteiger partial charge < -0.3 is 44.9 Å². The number of hydrogen-bond donors (Lipinski definition) is 4. The number of halogens is 3. The average molecular weight is 1390 g/mol. The lowest BCUT2D eigenvalue weighted by atomic mass is 9.98. The van der Waals surface area contributed by atoms with E-state index in [9.17, 15) is 52.7 Å². The quantitative estimate of drug-likeness (QED) is 0.0593. The van der Waals surface area contributed by atoms with Gasteiger partial charge in [0.15, 0.2) is 0 Å². The van der Waals surface area contributed by atoms with Crippen molar-refractivity contribution in [1.29, 1.82) is 0 Å². The highest BCUT2D eigenvalue weighted by atomic mass is 35.5. The number of imide groups is 3. The van der Waals surface area contributed by atoms with Crippen molar-refractivity contribution in [2.45, 2.75) is 117 Å². The van der Waals surface area contributed by atoms with Crippen LogP contribution in [0.3, 0.4) is 0 Å². The smallest absolute Gasteiger partial charge is 0.493 e. The van der Waals surface area contributed by atoms with Crippen LogP contribution in [0.2, 0.25) is 15.1 Å². The van der Waals surface area contributed by atoms with Gasteiger partial charge in [-0.3, -0.25) is 52.9 Å². The summed E-state index contributed by atoms with van der Waals surface area (Å²) < 4.78 is 22.1. The molecular weight excluding hydrogens is 1310 g/mol. The molecule has 0 saturated carbocycles. The van der Waals surface area contributed by atoms with E-state index in [0.717, 1.165) is 84.9 Å². The molecule has 7 aliphatic heterocycles. The number of carbonyl (C=O) groups is 11. The number of hydrogen-bond acceptors (Lipinski definition) is 20. The van der Waals surface area contributed by atoms with Crippen molar-refractivity contribution < 1.29 is 91.3 Å². The first-order chi connectivity index (χ1) is 45.7. The summed E-state index contributed by atoms with van der Waals surface area (Å²) in [5.41, 5.74) is 6.63. The van der Waals surface area contributed by atoms with Crippen molar-refractivity contribution in [3.63, 3.8) is 0 Å². The van der Waals surface area contributed by atoms with Crippen LogP contribution in [0.5, 0.6) is 11.5 Å². The van der Waals surface area contributed by atoms with Crippen molar-refractivity contribution in [2.75, 3.05) is 50.0 Å². The number of amides is 9. The molecule has 0 bridgehead atoms. The fraction of sp³-hybridized carbons (Fsp3) is 0.388. The zero-order chi connectivity index (χ0) is 67.8. The minimum absolute atomic E-state index is 0. The van der Waals surface area contributed by atoms with E-state index in [1.54, 1.807) is 65.6 Å². The van der Waals surface area contributed by atoms with Gasteiger partial charge >= 0.3 is 18.4 Å². The first-order valence-electron chi connectivity index (χ1n) is 30.7. The third-order valence-electron chi connectivity index (χ3n) is 15.4. The van der Waals surface area contributed by atoms with Crippen molar-refractivity contribution >= 4 is 112 Å². The maximum atomic E-state index is 12.3. The lowest BCUT2D eigenvalue weighted by Gasteiger charge is -2.31. The molecule has 7 heterocycles. The normalized spacial score (nSPS) is 16.6. The monoisotopic (exact) mass is 1390 g/mol. The molecule has 26 nitrogen and oxygen atoms in total. The van der Waals surface area contributed by atoms with E-state index in [1.165, 1.54) is 18.4 Å². The van der Waals surface area contributed by atoms with Crippen molar-refractivity contribution in [1.82, 2.24) is 25.4 Å². The molecule has 0 atom stereocenters. The molecule has 5 aromatic rings. The zero-order valence-electron chi connectivity index (χ0n) is 51.5. The van der Waals surface area contributed by atoms with Crippen LogP contribution >= 0.6 is 34.8 Å². The molecule has 9 amide bonds. The maximum Gasteiger partial charge on any atom is 0.560 e. The van der Waals surface area contributed by atoms with Crippen LogP contribution in [0.15, 0.2) is 109 Å². The second kappa shape index (κ2) is 37.1. The van der Waals surface area contributed by atoms with Crippen LogP contribution in [0.25, 0.3) is 0 Å². The summed E-state index contributed by atoms with van der Waals surface area (Å²) in [7, 11) is 0. The first kappa shape index (κ1) is 74.1.